The molecule has 0 radical (unpaired) electrons. The molecule has 1 saturated carbocycles. The molecule has 0 aliphatic heterocycles. The van der Waals surface area contributed by atoms with Gasteiger partial charge >= 0.3 is 0 Å². The number of hydrogen-bond donors (Lipinski definition) is 3. The summed E-state index contributed by atoms with van der Waals surface area (Å²) in [5, 5.41) is 15.0. The Kier molecular flexibility index (Phi) is 5.01. The smallest absolute Gasteiger partial charge is 0.286 e. The normalized spacial score (nSPS) is 24.8. The highest BCUT2D eigenvalue weighted by Crippen LogP contribution is 2.37. The van der Waals surface area contributed by atoms with Gasteiger partial charge < -0.3 is 20.2 Å². The molecule has 1 aromatic heterocycles. The number of carbonyl (C=O) groups excluding carboxylic acids is 2. The molecule has 2 unspecified atom stereocenters. The van der Waals surface area contributed by atoms with Crippen LogP contribution in [0.3, 0.4) is 0 Å². The van der Waals surface area contributed by atoms with Gasteiger partial charge in [0.05, 0.1) is 12.9 Å². The quantitative estimate of drug-likeness (QED) is 0.732. The van der Waals surface area contributed by atoms with Crippen LogP contribution in [0, 0.1) is 5.41 Å². The molecule has 21 heavy (non-hydrogen) atoms. The van der Waals surface area contributed by atoms with E-state index in [0.717, 1.165) is 19.3 Å². The molecule has 2 atom stereocenters. The van der Waals surface area contributed by atoms with Crippen molar-refractivity contribution in [2.24, 2.45) is 5.41 Å². The van der Waals surface area contributed by atoms with Crippen LogP contribution in [0.1, 0.15) is 43.2 Å². The second-order valence-electron chi connectivity index (χ2n) is 5.81. The van der Waals surface area contributed by atoms with Crippen molar-refractivity contribution in [3.63, 3.8) is 0 Å². The number of furan rings is 1. The molecule has 1 aliphatic carbocycles. The van der Waals surface area contributed by atoms with Crippen LogP contribution >= 0.6 is 0 Å². The zero-order valence-corrected chi connectivity index (χ0v) is 12.2. The van der Waals surface area contributed by atoms with Crippen LogP contribution in [0.25, 0.3) is 0 Å². The second kappa shape index (κ2) is 6.76. The number of nitrogens with one attached hydrogen (secondary N) is 2. The summed E-state index contributed by atoms with van der Waals surface area (Å²) in [5.74, 6) is -0.200. The highest BCUT2D eigenvalue weighted by molar-refractivity contribution is 5.91. The van der Waals surface area contributed by atoms with Crippen molar-refractivity contribution >= 4 is 11.8 Å². The highest BCUT2D eigenvalue weighted by atomic mass is 16.3. The summed E-state index contributed by atoms with van der Waals surface area (Å²) in [4.78, 5) is 23.5. The fraction of sp³-hybridized carbons (Fsp3) is 0.600. The maximum absolute atomic E-state index is 11.9. The van der Waals surface area contributed by atoms with Crippen LogP contribution in [0.15, 0.2) is 22.8 Å². The topological polar surface area (TPSA) is 91.6 Å². The minimum Gasteiger partial charge on any atom is -0.459 e. The SMILES string of the molecule is CC1(CO)CCCC1NC(=O)CCNC(=O)c1ccco1. The van der Waals surface area contributed by atoms with Crippen LogP contribution in [0.5, 0.6) is 0 Å². The van der Waals surface area contributed by atoms with Crippen molar-refractivity contribution < 1.29 is 19.1 Å². The first kappa shape index (κ1) is 15.6. The number of carbonyl (C=O) groups is 2. The molecule has 116 valence electrons. The van der Waals surface area contributed by atoms with Gasteiger partial charge in [0.25, 0.3) is 5.91 Å². The number of hydrogen-bond acceptors (Lipinski definition) is 4. The summed E-state index contributed by atoms with van der Waals surface area (Å²) in [6.45, 7) is 2.32. The molecule has 0 saturated heterocycles. The van der Waals surface area contributed by atoms with E-state index in [0.29, 0.717) is 0 Å². The predicted octanol–water partition coefficient (Wildman–Crippen LogP) is 1.07. The van der Waals surface area contributed by atoms with Crippen molar-refractivity contribution in [1.29, 1.82) is 0 Å². The number of aliphatic hydroxyl groups excluding tert-OH is 1. The maximum Gasteiger partial charge on any atom is 0.286 e. The molecule has 6 heteroatoms. The standard InChI is InChI=1S/C15H22N2O4/c1-15(10-18)7-2-5-12(15)17-13(19)6-8-16-14(20)11-4-3-9-21-11/h3-4,9,12,18H,2,5-8,10H2,1H3,(H,16,20)(H,17,19). The van der Waals surface area contributed by atoms with Crippen LogP contribution in [0.2, 0.25) is 0 Å². The first-order chi connectivity index (χ1) is 10.0. The Morgan fingerprint density at radius 1 is 1.52 bits per heavy atom. The fourth-order valence-electron chi connectivity index (χ4n) is 2.72. The first-order valence-electron chi connectivity index (χ1n) is 7.27. The van der Waals surface area contributed by atoms with Gasteiger partial charge in [0, 0.05) is 24.4 Å². The van der Waals surface area contributed by atoms with Gasteiger partial charge in [-0.05, 0) is 25.0 Å². The van der Waals surface area contributed by atoms with Crippen LogP contribution in [-0.4, -0.2) is 36.1 Å². The summed E-state index contributed by atoms with van der Waals surface area (Å²) in [6, 6.07) is 3.22. The van der Waals surface area contributed by atoms with Gasteiger partial charge in [-0.3, -0.25) is 9.59 Å². The molecule has 1 aliphatic rings. The van der Waals surface area contributed by atoms with E-state index in [-0.39, 0.29) is 48.6 Å². The first-order valence-corrected chi connectivity index (χ1v) is 7.27. The Morgan fingerprint density at radius 2 is 2.33 bits per heavy atom. The average molecular weight is 294 g/mol. The molecule has 2 amide bonds. The average Bonchev–Trinajstić information content (AvgIpc) is 3.10. The monoisotopic (exact) mass is 294 g/mol. The van der Waals surface area contributed by atoms with E-state index in [1.165, 1.54) is 6.26 Å². The zero-order chi connectivity index (χ0) is 15.3. The van der Waals surface area contributed by atoms with Gasteiger partial charge in [0.1, 0.15) is 0 Å². The van der Waals surface area contributed by atoms with Crippen molar-refractivity contribution in [1.82, 2.24) is 10.6 Å². The summed E-state index contributed by atoms with van der Waals surface area (Å²) in [5.41, 5.74) is -0.229. The van der Waals surface area contributed by atoms with Gasteiger partial charge in [-0.2, -0.15) is 0 Å². The lowest BCUT2D eigenvalue weighted by Gasteiger charge is -2.30. The molecule has 1 heterocycles. The summed E-state index contributed by atoms with van der Waals surface area (Å²) in [6.07, 6.45) is 4.46. The van der Waals surface area contributed by atoms with E-state index in [2.05, 4.69) is 10.6 Å². The molecule has 6 nitrogen and oxygen atoms in total. The molecule has 1 fully saturated rings. The van der Waals surface area contributed by atoms with Gasteiger partial charge in [0.15, 0.2) is 5.76 Å². The van der Waals surface area contributed by atoms with Gasteiger partial charge in [0.2, 0.25) is 5.91 Å². The number of rotatable bonds is 6. The van der Waals surface area contributed by atoms with E-state index < -0.39 is 0 Å². The third-order valence-electron chi connectivity index (χ3n) is 4.16. The molecular weight excluding hydrogens is 272 g/mol. The van der Waals surface area contributed by atoms with E-state index in [1.807, 2.05) is 6.92 Å². The Hall–Kier alpha value is -1.82. The maximum atomic E-state index is 11.9. The van der Waals surface area contributed by atoms with Crippen molar-refractivity contribution in [3.8, 4) is 0 Å². The second-order valence-corrected chi connectivity index (χ2v) is 5.81. The van der Waals surface area contributed by atoms with Crippen LogP contribution in [-0.2, 0) is 4.79 Å². The van der Waals surface area contributed by atoms with E-state index >= 15 is 0 Å². The van der Waals surface area contributed by atoms with E-state index in [9.17, 15) is 14.7 Å². The Morgan fingerprint density at radius 3 is 3.00 bits per heavy atom. The molecule has 0 aromatic carbocycles. The summed E-state index contributed by atoms with van der Waals surface area (Å²) >= 11 is 0. The van der Waals surface area contributed by atoms with Gasteiger partial charge in [-0.1, -0.05) is 13.3 Å². The molecule has 3 N–H and O–H groups in total. The Balaban J connectivity index is 1.72. The number of aliphatic hydroxyl groups is 1. The lowest BCUT2D eigenvalue weighted by Crippen LogP contribution is -2.45. The molecule has 2 rings (SSSR count). The minimum atomic E-state index is -0.325. The fourth-order valence-corrected chi connectivity index (χ4v) is 2.72. The molecule has 0 bridgehead atoms. The number of amides is 2. The third kappa shape index (κ3) is 3.85. The highest BCUT2D eigenvalue weighted by Gasteiger charge is 2.38. The van der Waals surface area contributed by atoms with E-state index in [1.54, 1.807) is 12.1 Å². The molecule has 0 spiro atoms. The Bertz CT molecular complexity index is 486. The van der Waals surface area contributed by atoms with Crippen molar-refractivity contribution in [2.75, 3.05) is 13.2 Å². The van der Waals surface area contributed by atoms with Crippen LogP contribution < -0.4 is 10.6 Å². The zero-order valence-electron chi connectivity index (χ0n) is 12.2. The summed E-state index contributed by atoms with van der Waals surface area (Å²) < 4.78 is 4.96. The predicted molar refractivity (Wildman–Crippen MR) is 76.6 cm³/mol. The van der Waals surface area contributed by atoms with Gasteiger partial charge in [-0.15, -0.1) is 0 Å². The lowest BCUT2D eigenvalue weighted by molar-refractivity contribution is -0.122. The minimum absolute atomic E-state index is 0.00998. The molecule has 1 aromatic rings. The Labute approximate surface area is 123 Å². The van der Waals surface area contributed by atoms with Crippen LogP contribution in [0.4, 0.5) is 0 Å². The van der Waals surface area contributed by atoms with Crippen molar-refractivity contribution in [3.05, 3.63) is 24.2 Å². The largest absolute Gasteiger partial charge is 0.459 e. The lowest BCUT2D eigenvalue weighted by atomic mass is 9.86. The van der Waals surface area contributed by atoms with Gasteiger partial charge in [-0.25, -0.2) is 0 Å². The molecular formula is C15H22N2O4. The third-order valence-corrected chi connectivity index (χ3v) is 4.16. The van der Waals surface area contributed by atoms with Crippen molar-refractivity contribution in [2.45, 2.75) is 38.6 Å². The van der Waals surface area contributed by atoms with E-state index in [4.69, 9.17) is 4.42 Å². The summed E-state index contributed by atoms with van der Waals surface area (Å²) in [7, 11) is 0.